The van der Waals surface area contributed by atoms with Gasteiger partial charge >= 0.3 is 0 Å². The third-order valence-electron chi connectivity index (χ3n) is 1.33. The van der Waals surface area contributed by atoms with Crippen LogP contribution in [0.15, 0.2) is 12.4 Å². The number of rotatable bonds is 0. The number of imidazole rings is 1. The first-order chi connectivity index (χ1) is 3.72. The molecule has 2 N–H and O–H groups in total. The highest BCUT2D eigenvalue weighted by atomic mass is 15.3. The van der Waals surface area contributed by atoms with Gasteiger partial charge in [-0.25, -0.2) is 4.57 Å². The standard InChI is InChI=1S/C5H10N3/c1-5-7(2)3-4-8(5)6/h3-4H,6H2,1-2H3/q+1. The molecule has 1 heterocycles. The average Bonchev–Trinajstić information content (AvgIpc) is 1.98. The van der Waals surface area contributed by atoms with Crippen molar-refractivity contribution < 1.29 is 4.57 Å². The quantitative estimate of drug-likeness (QED) is 0.351. The van der Waals surface area contributed by atoms with Gasteiger partial charge in [0.2, 0.25) is 0 Å². The Balaban J connectivity index is 3.19. The number of nitrogens with two attached hydrogens (primary N) is 1. The highest BCUT2D eigenvalue weighted by Crippen LogP contribution is 1.81. The number of aryl methyl sites for hydroxylation is 1. The van der Waals surface area contributed by atoms with Crippen LogP contribution in [0.3, 0.4) is 0 Å². The van der Waals surface area contributed by atoms with E-state index in [1.165, 1.54) is 0 Å². The summed E-state index contributed by atoms with van der Waals surface area (Å²) in [5, 5.41) is 0. The molecule has 1 rings (SSSR count). The molecule has 0 amide bonds. The third-order valence-corrected chi connectivity index (χ3v) is 1.33. The van der Waals surface area contributed by atoms with Crippen LogP contribution in [0.2, 0.25) is 0 Å². The largest absolute Gasteiger partial charge is 0.276 e. The Morgan fingerprint density at radius 1 is 1.75 bits per heavy atom. The van der Waals surface area contributed by atoms with Crippen molar-refractivity contribution in [2.24, 2.45) is 7.05 Å². The van der Waals surface area contributed by atoms with Gasteiger partial charge in [0.1, 0.15) is 6.20 Å². The molecule has 0 aliphatic rings. The number of hydrogen-bond donors (Lipinski definition) is 1. The first kappa shape index (κ1) is 5.15. The van der Waals surface area contributed by atoms with Gasteiger partial charge in [0.25, 0.3) is 5.82 Å². The van der Waals surface area contributed by atoms with Crippen LogP contribution in [0.1, 0.15) is 5.82 Å². The summed E-state index contributed by atoms with van der Waals surface area (Å²) >= 11 is 0. The lowest BCUT2D eigenvalue weighted by Gasteiger charge is -1.84. The molecule has 0 saturated heterocycles. The smallest absolute Gasteiger partial charge is 0.269 e. The van der Waals surface area contributed by atoms with Crippen molar-refractivity contribution in [1.29, 1.82) is 0 Å². The van der Waals surface area contributed by atoms with Crippen LogP contribution in [0.25, 0.3) is 0 Å². The normalized spacial score (nSPS) is 9.75. The Bertz CT molecular complexity index is 170. The summed E-state index contributed by atoms with van der Waals surface area (Å²) in [6.07, 6.45) is 3.73. The van der Waals surface area contributed by atoms with Gasteiger partial charge in [-0.05, 0) is 0 Å². The minimum Gasteiger partial charge on any atom is -0.269 e. The Kier molecular flexibility index (Phi) is 0.970. The van der Waals surface area contributed by atoms with Crippen LogP contribution in [-0.4, -0.2) is 4.68 Å². The van der Waals surface area contributed by atoms with E-state index in [1.807, 2.05) is 30.9 Å². The number of nitrogen functional groups attached to an aromatic ring is 1. The van der Waals surface area contributed by atoms with Gasteiger partial charge in [0, 0.05) is 6.92 Å². The highest BCUT2D eigenvalue weighted by Gasteiger charge is 2.02. The second kappa shape index (κ2) is 1.51. The van der Waals surface area contributed by atoms with Crippen molar-refractivity contribution in [3.05, 3.63) is 18.2 Å². The Labute approximate surface area is 48.3 Å². The van der Waals surface area contributed by atoms with Crippen molar-refractivity contribution in [3.8, 4) is 0 Å². The lowest BCUT2D eigenvalue weighted by molar-refractivity contribution is -0.677. The van der Waals surface area contributed by atoms with Crippen molar-refractivity contribution >= 4 is 0 Å². The van der Waals surface area contributed by atoms with Gasteiger partial charge in [-0.3, -0.25) is 5.84 Å². The summed E-state index contributed by atoms with van der Waals surface area (Å²) in [5.74, 6) is 6.48. The second-order valence-electron chi connectivity index (χ2n) is 1.86. The van der Waals surface area contributed by atoms with Gasteiger partial charge < -0.3 is 0 Å². The Hall–Kier alpha value is -0.990. The summed E-state index contributed by atoms with van der Waals surface area (Å²) in [6, 6.07) is 0. The molecule has 3 heteroatoms. The number of nitrogens with zero attached hydrogens (tertiary/aromatic N) is 2. The molecule has 0 aliphatic carbocycles. The Morgan fingerprint density at radius 2 is 2.38 bits per heavy atom. The van der Waals surface area contributed by atoms with Gasteiger partial charge in [-0.2, -0.15) is 0 Å². The predicted molar refractivity (Wildman–Crippen MR) is 30.5 cm³/mol. The maximum absolute atomic E-state index is 5.44. The highest BCUT2D eigenvalue weighted by molar-refractivity contribution is 4.77. The van der Waals surface area contributed by atoms with E-state index in [4.69, 9.17) is 5.84 Å². The fraction of sp³-hybridized carbons (Fsp3) is 0.400. The fourth-order valence-electron chi connectivity index (χ4n) is 0.570. The molecule has 0 saturated carbocycles. The van der Waals surface area contributed by atoms with Gasteiger partial charge in [0.05, 0.1) is 7.05 Å². The van der Waals surface area contributed by atoms with Crippen molar-refractivity contribution in [2.75, 3.05) is 5.84 Å². The molecule has 8 heavy (non-hydrogen) atoms. The zero-order valence-electron chi connectivity index (χ0n) is 5.13. The van der Waals surface area contributed by atoms with Crippen molar-refractivity contribution in [1.82, 2.24) is 4.68 Å². The van der Waals surface area contributed by atoms with Crippen molar-refractivity contribution in [2.45, 2.75) is 6.92 Å². The van der Waals surface area contributed by atoms with E-state index in [2.05, 4.69) is 0 Å². The van der Waals surface area contributed by atoms with E-state index in [0.29, 0.717) is 0 Å². The van der Waals surface area contributed by atoms with E-state index in [0.717, 1.165) is 5.82 Å². The Morgan fingerprint density at radius 3 is 2.50 bits per heavy atom. The van der Waals surface area contributed by atoms with Crippen LogP contribution in [0, 0.1) is 6.92 Å². The van der Waals surface area contributed by atoms with E-state index in [-0.39, 0.29) is 0 Å². The minimum absolute atomic E-state index is 1.05. The van der Waals surface area contributed by atoms with E-state index >= 15 is 0 Å². The number of aromatic nitrogens is 2. The second-order valence-corrected chi connectivity index (χ2v) is 1.86. The summed E-state index contributed by atoms with van der Waals surface area (Å²) in [4.78, 5) is 0. The van der Waals surface area contributed by atoms with Crippen LogP contribution in [0.5, 0.6) is 0 Å². The summed E-state index contributed by atoms with van der Waals surface area (Å²) in [7, 11) is 1.96. The zero-order chi connectivity index (χ0) is 6.15. The molecular weight excluding hydrogens is 102 g/mol. The molecule has 0 unspecified atom stereocenters. The fourth-order valence-corrected chi connectivity index (χ4v) is 0.570. The van der Waals surface area contributed by atoms with Crippen LogP contribution in [0.4, 0.5) is 0 Å². The molecule has 0 radical (unpaired) electrons. The average molecular weight is 112 g/mol. The maximum Gasteiger partial charge on any atom is 0.276 e. The van der Waals surface area contributed by atoms with Crippen LogP contribution >= 0.6 is 0 Å². The van der Waals surface area contributed by atoms with E-state index < -0.39 is 0 Å². The molecule has 1 aromatic rings. The molecule has 0 spiro atoms. The molecule has 3 nitrogen and oxygen atoms in total. The van der Waals surface area contributed by atoms with Gasteiger partial charge in [-0.1, -0.05) is 0 Å². The summed E-state index contributed by atoms with van der Waals surface area (Å²) < 4.78 is 3.54. The lowest BCUT2D eigenvalue weighted by Crippen LogP contribution is -2.31. The summed E-state index contributed by atoms with van der Waals surface area (Å²) in [6.45, 7) is 1.96. The third kappa shape index (κ3) is 0.559. The van der Waals surface area contributed by atoms with E-state index in [1.54, 1.807) is 4.68 Å². The maximum atomic E-state index is 5.44. The molecule has 0 aromatic carbocycles. The zero-order valence-corrected chi connectivity index (χ0v) is 5.13. The molecule has 44 valence electrons. The molecule has 0 atom stereocenters. The number of hydrogen-bond acceptors (Lipinski definition) is 1. The van der Waals surface area contributed by atoms with Gasteiger partial charge in [0.15, 0.2) is 6.20 Å². The molecule has 0 aliphatic heterocycles. The van der Waals surface area contributed by atoms with Crippen molar-refractivity contribution in [3.63, 3.8) is 0 Å². The molecule has 0 fully saturated rings. The first-order valence-corrected chi connectivity index (χ1v) is 2.50. The molecular formula is C5H10N3+. The van der Waals surface area contributed by atoms with E-state index in [9.17, 15) is 0 Å². The molecule has 0 bridgehead atoms. The topological polar surface area (TPSA) is 34.8 Å². The first-order valence-electron chi connectivity index (χ1n) is 2.50. The molecule has 1 aromatic heterocycles. The minimum atomic E-state index is 1.05. The monoisotopic (exact) mass is 112 g/mol. The van der Waals surface area contributed by atoms with Crippen LogP contribution < -0.4 is 10.4 Å². The predicted octanol–water partition coefficient (Wildman–Crippen LogP) is -0.665. The van der Waals surface area contributed by atoms with Gasteiger partial charge in [-0.15, -0.1) is 4.68 Å². The van der Waals surface area contributed by atoms with Crippen LogP contribution in [-0.2, 0) is 7.05 Å². The lowest BCUT2D eigenvalue weighted by atomic mass is 10.7. The summed E-state index contributed by atoms with van der Waals surface area (Å²) in [5.41, 5.74) is 0. The SMILES string of the molecule is Cc1n(N)cc[n+]1C.